The lowest BCUT2D eigenvalue weighted by Gasteiger charge is -2.11. The Morgan fingerprint density at radius 2 is 1.78 bits per heavy atom. The van der Waals surface area contributed by atoms with Crippen LogP contribution in [0.15, 0.2) is 65.1 Å². The fraction of sp³-hybridized carbons (Fsp3) is 0.259. The van der Waals surface area contributed by atoms with Gasteiger partial charge in [-0.3, -0.25) is 4.79 Å². The van der Waals surface area contributed by atoms with Gasteiger partial charge in [-0.15, -0.1) is 0 Å². The van der Waals surface area contributed by atoms with Crippen LogP contribution in [0.25, 0.3) is 22.6 Å². The van der Waals surface area contributed by atoms with E-state index in [2.05, 4.69) is 42.3 Å². The number of nitrogens with one attached hydrogen (secondary N) is 1. The molecule has 1 amide bonds. The van der Waals surface area contributed by atoms with Gasteiger partial charge in [-0.25, -0.2) is 4.98 Å². The Balaban J connectivity index is 1.36. The van der Waals surface area contributed by atoms with E-state index in [0.717, 1.165) is 34.2 Å². The van der Waals surface area contributed by atoms with Crippen molar-refractivity contribution >= 4 is 22.7 Å². The third-order valence-corrected chi connectivity index (χ3v) is 5.67. The summed E-state index contributed by atoms with van der Waals surface area (Å²) in [5, 5.41) is 2.86. The summed E-state index contributed by atoms with van der Waals surface area (Å²) >= 11 is 0. The number of aryl methyl sites for hydroxylation is 2. The van der Waals surface area contributed by atoms with Gasteiger partial charge in [0.05, 0.1) is 0 Å². The number of hydrogen-bond donors (Lipinski definition) is 1. The van der Waals surface area contributed by atoms with Gasteiger partial charge in [0, 0.05) is 11.3 Å². The molecule has 0 unspecified atom stereocenters. The molecule has 4 aromatic rings. The molecule has 4 rings (SSSR count). The molecule has 0 spiro atoms. The van der Waals surface area contributed by atoms with Crippen molar-refractivity contribution in [2.24, 2.45) is 0 Å². The number of ether oxygens (including phenoxy) is 1. The predicted octanol–water partition coefficient (Wildman–Crippen LogP) is 6.64. The second-order valence-corrected chi connectivity index (χ2v) is 8.24. The van der Waals surface area contributed by atoms with E-state index in [9.17, 15) is 4.79 Å². The number of fused-ring (bicyclic) bond motifs is 1. The number of oxazole rings is 1. The molecule has 32 heavy (non-hydrogen) atoms. The molecule has 5 heteroatoms. The summed E-state index contributed by atoms with van der Waals surface area (Å²) in [6.45, 7) is 8.38. The lowest BCUT2D eigenvalue weighted by Crippen LogP contribution is -2.20. The van der Waals surface area contributed by atoms with Crippen molar-refractivity contribution in [3.05, 3.63) is 77.4 Å². The van der Waals surface area contributed by atoms with Crippen molar-refractivity contribution in [1.29, 1.82) is 0 Å². The zero-order chi connectivity index (χ0) is 22.7. The number of hydrogen-bond acceptors (Lipinski definition) is 4. The number of aromatic nitrogens is 1. The van der Waals surface area contributed by atoms with E-state index >= 15 is 0 Å². The zero-order valence-electron chi connectivity index (χ0n) is 18.9. The van der Waals surface area contributed by atoms with E-state index in [4.69, 9.17) is 9.15 Å². The number of rotatable bonds is 7. The van der Waals surface area contributed by atoms with Gasteiger partial charge in [-0.1, -0.05) is 32.0 Å². The van der Waals surface area contributed by atoms with Crippen LogP contribution in [-0.4, -0.2) is 17.5 Å². The third kappa shape index (κ3) is 4.83. The van der Waals surface area contributed by atoms with Gasteiger partial charge in [0.2, 0.25) is 5.89 Å². The predicted molar refractivity (Wildman–Crippen MR) is 128 cm³/mol. The summed E-state index contributed by atoms with van der Waals surface area (Å²) in [7, 11) is 0. The Morgan fingerprint density at radius 3 is 2.47 bits per heavy atom. The monoisotopic (exact) mass is 428 g/mol. The van der Waals surface area contributed by atoms with Gasteiger partial charge in [0.15, 0.2) is 12.2 Å². The lowest BCUT2D eigenvalue weighted by molar-refractivity contribution is -0.118. The highest BCUT2D eigenvalue weighted by Gasteiger charge is 2.11. The maximum atomic E-state index is 12.3. The van der Waals surface area contributed by atoms with E-state index in [-0.39, 0.29) is 12.5 Å². The average molecular weight is 429 g/mol. The number of carbonyl (C=O) groups is 1. The van der Waals surface area contributed by atoms with E-state index in [1.165, 1.54) is 5.56 Å². The highest BCUT2D eigenvalue weighted by Crippen LogP contribution is 2.28. The van der Waals surface area contributed by atoms with Crippen LogP contribution in [0, 0.1) is 13.8 Å². The second-order valence-electron chi connectivity index (χ2n) is 8.24. The Bertz CT molecular complexity index is 1220. The molecule has 0 fully saturated rings. The number of benzene rings is 3. The molecular formula is C27H28N2O3. The Labute approximate surface area is 188 Å². The number of anilines is 1. The Kier molecular flexibility index (Phi) is 6.26. The van der Waals surface area contributed by atoms with Gasteiger partial charge < -0.3 is 14.5 Å². The van der Waals surface area contributed by atoms with Crippen LogP contribution in [-0.2, 0) is 4.79 Å². The highest BCUT2D eigenvalue weighted by atomic mass is 16.5. The molecule has 1 heterocycles. The van der Waals surface area contributed by atoms with Gasteiger partial charge in [0.1, 0.15) is 11.3 Å². The van der Waals surface area contributed by atoms with Crippen molar-refractivity contribution in [3.8, 4) is 17.2 Å². The van der Waals surface area contributed by atoms with Gasteiger partial charge >= 0.3 is 0 Å². The van der Waals surface area contributed by atoms with Crippen LogP contribution in [0.5, 0.6) is 5.75 Å². The van der Waals surface area contributed by atoms with Gasteiger partial charge in [-0.05, 0) is 85.3 Å². The summed E-state index contributed by atoms with van der Waals surface area (Å²) in [5.74, 6) is 1.55. The number of carbonyl (C=O) groups excluding carboxylic acids is 1. The summed E-state index contributed by atoms with van der Waals surface area (Å²) in [6.07, 6.45) is 1.09. The molecule has 1 atom stereocenters. The molecule has 0 radical (unpaired) electrons. The second kappa shape index (κ2) is 9.27. The van der Waals surface area contributed by atoms with E-state index < -0.39 is 0 Å². The van der Waals surface area contributed by atoms with Crippen molar-refractivity contribution in [2.75, 3.05) is 11.9 Å². The Hall–Kier alpha value is -3.60. The normalized spacial score (nSPS) is 12.0. The minimum absolute atomic E-state index is 0.0474. The van der Waals surface area contributed by atoms with Crippen molar-refractivity contribution in [2.45, 2.75) is 40.0 Å². The molecule has 5 nitrogen and oxygen atoms in total. The van der Waals surface area contributed by atoms with Crippen molar-refractivity contribution in [1.82, 2.24) is 4.98 Å². The first-order chi connectivity index (χ1) is 15.4. The first-order valence-corrected chi connectivity index (χ1v) is 10.9. The molecule has 164 valence electrons. The summed E-state index contributed by atoms with van der Waals surface area (Å²) in [6, 6.07) is 19.5. The molecule has 1 aromatic heterocycles. The minimum atomic E-state index is -0.211. The van der Waals surface area contributed by atoms with Crippen LogP contribution in [0.2, 0.25) is 0 Å². The lowest BCUT2D eigenvalue weighted by atomic mass is 9.99. The van der Waals surface area contributed by atoms with E-state index in [0.29, 0.717) is 23.2 Å². The van der Waals surface area contributed by atoms with Crippen molar-refractivity contribution < 1.29 is 13.9 Å². The summed E-state index contributed by atoms with van der Waals surface area (Å²) < 4.78 is 11.6. The molecular weight excluding hydrogens is 400 g/mol. The fourth-order valence-electron chi connectivity index (χ4n) is 3.67. The minimum Gasteiger partial charge on any atom is -0.484 e. The maximum absolute atomic E-state index is 12.3. The molecule has 0 saturated heterocycles. The molecule has 0 bridgehead atoms. The SMILES string of the molecule is CC[C@H](C)c1ccc(OCC(=O)Nc2ccc(-c3nc4cc(C)cc(C)c4o3)cc2)cc1. The van der Waals surface area contributed by atoms with Crippen LogP contribution in [0.1, 0.15) is 42.9 Å². The highest BCUT2D eigenvalue weighted by molar-refractivity contribution is 5.92. The largest absolute Gasteiger partial charge is 0.484 e. The smallest absolute Gasteiger partial charge is 0.262 e. The van der Waals surface area contributed by atoms with Crippen LogP contribution in [0.3, 0.4) is 0 Å². The van der Waals surface area contributed by atoms with Crippen LogP contribution < -0.4 is 10.1 Å². The van der Waals surface area contributed by atoms with Crippen molar-refractivity contribution in [3.63, 3.8) is 0 Å². The molecule has 3 aromatic carbocycles. The standard InChI is InChI=1S/C27H28N2O3/c1-5-18(3)20-8-12-23(13-9-20)31-16-25(30)28-22-10-6-21(7-11-22)27-29-24-15-17(2)14-19(4)26(24)32-27/h6-15,18H,5,16H2,1-4H3,(H,28,30)/t18-/m0/s1. The molecule has 0 aliphatic heterocycles. The first-order valence-electron chi connectivity index (χ1n) is 10.9. The molecule has 0 aliphatic carbocycles. The molecule has 1 N–H and O–H groups in total. The average Bonchev–Trinajstić information content (AvgIpc) is 3.22. The third-order valence-electron chi connectivity index (χ3n) is 5.67. The topological polar surface area (TPSA) is 64.4 Å². The van der Waals surface area contributed by atoms with Crippen LogP contribution >= 0.6 is 0 Å². The summed E-state index contributed by atoms with van der Waals surface area (Å²) in [4.78, 5) is 16.9. The quantitative estimate of drug-likeness (QED) is 0.358. The Morgan fingerprint density at radius 1 is 1.06 bits per heavy atom. The molecule has 0 saturated carbocycles. The zero-order valence-corrected chi connectivity index (χ0v) is 18.9. The van der Waals surface area contributed by atoms with Gasteiger partial charge in [0.25, 0.3) is 5.91 Å². The molecule has 0 aliphatic rings. The van der Waals surface area contributed by atoms with Crippen LogP contribution in [0.4, 0.5) is 5.69 Å². The fourth-order valence-corrected chi connectivity index (χ4v) is 3.67. The first kappa shape index (κ1) is 21.6. The number of amides is 1. The van der Waals surface area contributed by atoms with Gasteiger partial charge in [-0.2, -0.15) is 0 Å². The summed E-state index contributed by atoms with van der Waals surface area (Å²) in [5.41, 5.74) is 6.69. The maximum Gasteiger partial charge on any atom is 0.262 e. The van der Waals surface area contributed by atoms with E-state index in [1.807, 2.05) is 56.3 Å². The number of nitrogens with zero attached hydrogens (tertiary/aromatic N) is 1. The van der Waals surface area contributed by atoms with E-state index in [1.54, 1.807) is 0 Å².